The van der Waals surface area contributed by atoms with Gasteiger partial charge in [-0.25, -0.2) is 0 Å². The SMILES string of the molecule is C[Si](C)(C)O[Si](C)(C)C(Cl)(Cl)Cl. The van der Waals surface area contributed by atoms with Crippen molar-refractivity contribution in [2.45, 2.75) is 36.2 Å². The van der Waals surface area contributed by atoms with Gasteiger partial charge in [0.05, 0.1) is 0 Å². The van der Waals surface area contributed by atoms with E-state index in [1.807, 2.05) is 13.1 Å². The molecule has 0 atom stereocenters. The normalized spacial score (nSPS) is 15.0. The zero-order valence-electron chi connectivity index (χ0n) is 8.04. The van der Waals surface area contributed by atoms with Crippen LogP contribution in [-0.2, 0) is 4.12 Å². The Balaban J connectivity index is 4.44. The first kappa shape index (κ1) is 13.3. The Kier molecular flexibility index (Phi) is 4.19. The number of alkyl halides is 3. The van der Waals surface area contributed by atoms with Gasteiger partial charge in [-0.1, -0.05) is 34.8 Å². The smallest absolute Gasteiger partial charge is 0.230 e. The summed E-state index contributed by atoms with van der Waals surface area (Å²) in [4.78, 5) is 0. The van der Waals surface area contributed by atoms with Gasteiger partial charge in [0.2, 0.25) is 11.7 Å². The van der Waals surface area contributed by atoms with Gasteiger partial charge < -0.3 is 4.12 Å². The Hall–Kier alpha value is 1.26. The van der Waals surface area contributed by atoms with Crippen molar-refractivity contribution >= 4 is 51.4 Å². The van der Waals surface area contributed by atoms with E-state index in [0.717, 1.165) is 0 Å². The van der Waals surface area contributed by atoms with Gasteiger partial charge in [-0.3, -0.25) is 0 Å². The molecule has 0 aromatic rings. The molecule has 0 rings (SSSR count). The molecule has 0 heterocycles. The molecule has 0 bridgehead atoms. The van der Waals surface area contributed by atoms with Crippen LogP contribution in [0.3, 0.4) is 0 Å². The third-order valence-electron chi connectivity index (χ3n) is 1.24. The molecule has 6 heteroatoms. The van der Waals surface area contributed by atoms with E-state index in [-0.39, 0.29) is 0 Å². The monoisotopic (exact) mass is 264 g/mol. The Morgan fingerprint density at radius 1 is 0.917 bits per heavy atom. The van der Waals surface area contributed by atoms with Crippen LogP contribution in [0, 0.1) is 0 Å². The second-order valence-electron chi connectivity index (χ2n) is 4.22. The summed E-state index contributed by atoms with van der Waals surface area (Å²) in [5, 5.41) is 0. The molecular weight excluding hydrogens is 251 g/mol. The zero-order valence-corrected chi connectivity index (χ0v) is 12.3. The van der Waals surface area contributed by atoms with Gasteiger partial charge in [0.1, 0.15) is 0 Å². The second-order valence-corrected chi connectivity index (χ2v) is 16.3. The summed E-state index contributed by atoms with van der Waals surface area (Å²) in [5.41, 5.74) is 0. The van der Waals surface area contributed by atoms with Gasteiger partial charge in [-0.2, -0.15) is 0 Å². The molecule has 0 saturated heterocycles. The molecule has 0 aromatic heterocycles. The van der Waals surface area contributed by atoms with E-state index in [2.05, 4.69) is 19.6 Å². The highest BCUT2D eigenvalue weighted by atomic mass is 35.6. The van der Waals surface area contributed by atoms with Gasteiger partial charge in [-0.15, -0.1) is 0 Å². The molecule has 0 unspecified atom stereocenters. The summed E-state index contributed by atoms with van der Waals surface area (Å²) >= 11 is 17.5. The first-order chi connectivity index (χ1) is 4.96. The van der Waals surface area contributed by atoms with Crippen molar-refractivity contribution in [3.05, 3.63) is 0 Å². The lowest BCUT2D eigenvalue weighted by Crippen LogP contribution is -2.51. The maximum atomic E-state index is 5.87. The van der Waals surface area contributed by atoms with Crippen molar-refractivity contribution in [1.29, 1.82) is 0 Å². The van der Waals surface area contributed by atoms with Crippen LogP contribution in [0.5, 0.6) is 0 Å². The van der Waals surface area contributed by atoms with Crippen molar-refractivity contribution in [2.75, 3.05) is 0 Å². The fourth-order valence-electron chi connectivity index (χ4n) is 0.823. The molecule has 0 saturated carbocycles. The highest BCUT2D eigenvalue weighted by Gasteiger charge is 2.46. The van der Waals surface area contributed by atoms with Crippen molar-refractivity contribution in [3.8, 4) is 0 Å². The van der Waals surface area contributed by atoms with Crippen LogP contribution < -0.4 is 0 Å². The van der Waals surface area contributed by atoms with E-state index in [1.165, 1.54) is 0 Å². The molecule has 0 aliphatic carbocycles. The Morgan fingerprint density at radius 2 is 1.25 bits per heavy atom. The largest absolute Gasteiger partial charge is 0.453 e. The van der Waals surface area contributed by atoms with E-state index >= 15 is 0 Å². The number of hydrogen-bond donors (Lipinski definition) is 0. The molecule has 0 fully saturated rings. The predicted molar refractivity (Wildman–Crippen MR) is 62.2 cm³/mol. The molecule has 74 valence electrons. The van der Waals surface area contributed by atoms with Crippen LogP contribution in [0.2, 0.25) is 32.7 Å². The Bertz CT molecular complexity index is 159. The minimum atomic E-state index is -2.18. The number of hydrogen-bond acceptors (Lipinski definition) is 1. The fraction of sp³-hybridized carbons (Fsp3) is 1.00. The number of halogens is 3. The van der Waals surface area contributed by atoms with Crippen molar-refractivity contribution in [2.24, 2.45) is 0 Å². The topological polar surface area (TPSA) is 9.23 Å². The van der Waals surface area contributed by atoms with E-state index in [0.29, 0.717) is 0 Å². The van der Waals surface area contributed by atoms with Gasteiger partial charge in [0, 0.05) is 0 Å². The van der Waals surface area contributed by atoms with E-state index in [1.54, 1.807) is 0 Å². The van der Waals surface area contributed by atoms with E-state index in [9.17, 15) is 0 Å². The van der Waals surface area contributed by atoms with Crippen LogP contribution in [0.15, 0.2) is 0 Å². The third kappa shape index (κ3) is 4.49. The lowest BCUT2D eigenvalue weighted by molar-refractivity contribution is 0.550. The minimum absolute atomic E-state index is 1.23. The molecule has 12 heavy (non-hydrogen) atoms. The average molecular weight is 266 g/mol. The molecule has 0 spiro atoms. The fourth-order valence-corrected chi connectivity index (χ4v) is 8.45. The summed E-state index contributed by atoms with van der Waals surface area (Å²) in [5.74, 6) is 0. The quantitative estimate of drug-likeness (QED) is 0.543. The van der Waals surface area contributed by atoms with Gasteiger partial charge in [0.25, 0.3) is 0 Å². The molecule has 0 amide bonds. The average Bonchev–Trinajstić information content (AvgIpc) is 1.52. The van der Waals surface area contributed by atoms with Crippen molar-refractivity contribution in [3.63, 3.8) is 0 Å². The van der Waals surface area contributed by atoms with Crippen molar-refractivity contribution < 1.29 is 4.12 Å². The first-order valence-electron chi connectivity index (χ1n) is 3.73. The Morgan fingerprint density at radius 3 is 1.33 bits per heavy atom. The van der Waals surface area contributed by atoms with Crippen LogP contribution in [0.25, 0.3) is 0 Å². The molecule has 0 aliphatic rings. The van der Waals surface area contributed by atoms with Crippen LogP contribution in [0.1, 0.15) is 0 Å². The molecule has 1 nitrogen and oxygen atoms in total. The lowest BCUT2D eigenvalue weighted by atomic mass is 11.8. The standard InChI is InChI=1S/C6H15Cl3OSi2/c1-11(2,3)10-12(4,5)6(7,8)9/h1-5H3. The first-order valence-corrected chi connectivity index (χ1v) is 11.2. The van der Waals surface area contributed by atoms with E-state index in [4.69, 9.17) is 38.9 Å². The van der Waals surface area contributed by atoms with Crippen LogP contribution in [-0.4, -0.2) is 20.1 Å². The molecule has 0 aliphatic heterocycles. The molecule has 0 aromatic carbocycles. The van der Waals surface area contributed by atoms with Crippen LogP contribution in [0.4, 0.5) is 0 Å². The van der Waals surface area contributed by atoms with Gasteiger partial charge >= 0.3 is 0 Å². The van der Waals surface area contributed by atoms with Crippen molar-refractivity contribution in [1.82, 2.24) is 0 Å². The highest BCUT2D eigenvalue weighted by molar-refractivity contribution is 7.03. The summed E-state index contributed by atoms with van der Waals surface area (Å²) in [6.45, 7) is 10.1. The molecule has 0 N–H and O–H groups in total. The summed E-state index contributed by atoms with van der Waals surface area (Å²) in [6.07, 6.45) is 0. The lowest BCUT2D eigenvalue weighted by Gasteiger charge is -2.36. The zero-order chi connectivity index (χ0) is 10.2. The summed E-state index contributed by atoms with van der Waals surface area (Å²) < 4.78 is 4.64. The third-order valence-corrected chi connectivity index (χ3v) is 11.2. The summed E-state index contributed by atoms with van der Waals surface area (Å²) in [7, 11) is -3.78. The van der Waals surface area contributed by atoms with E-state index < -0.39 is 20.1 Å². The minimum Gasteiger partial charge on any atom is -0.453 e. The van der Waals surface area contributed by atoms with Gasteiger partial charge in [-0.05, 0) is 32.7 Å². The summed E-state index contributed by atoms with van der Waals surface area (Å²) in [6, 6.07) is 0. The number of rotatable bonds is 2. The molecular formula is C6H15Cl3OSi2. The maximum Gasteiger partial charge on any atom is 0.230 e. The maximum absolute atomic E-state index is 5.87. The second kappa shape index (κ2) is 3.79. The highest BCUT2D eigenvalue weighted by Crippen LogP contribution is 2.38. The van der Waals surface area contributed by atoms with Gasteiger partial charge in [0.15, 0.2) is 8.32 Å². The predicted octanol–water partition coefficient (Wildman–Crippen LogP) is 3.95. The van der Waals surface area contributed by atoms with Crippen LogP contribution >= 0.6 is 34.8 Å². The molecule has 0 radical (unpaired) electrons. The Labute approximate surface area is 91.6 Å².